The van der Waals surface area contributed by atoms with Gasteiger partial charge in [-0.25, -0.2) is 4.39 Å². The van der Waals surface area contributed by atoms with Crippen LogP contribution in [0.15, 0.2) is 66.7 Å². The van der Waals surface area contributed by atoms with Crippen molar-refractivity contribution in [3.05, 3.63) is 89.2 Å². The molecule has 0 aromatic heterocycles. The lowest BCUT2D eigenvalue weighted by Crippen LogP contribution is -2.37. The first-order valence-electron chi connectivity index (χ1n) is 11.5. The molecule has 3 aromatic carbocycles. The first-order chi connectivity index (χ1) is 16.9. The molecular weight excluding hydrogens is 447 g/mol. The zero-order chi connectivity index (χ0) is 24.9. The Hall–Kier alpha value is -3.71. The first-order valence-corrected chi connectivity index (χ1v) is 11.5. The molecule has 1 aliphatic heterocycles. The number of benzene rings is 3. The summed E-state index contributed by atoms with van der Waals surface area (Å²) in [5.74, 6) is -0.0753. The fourth-order valence-corrected chi connectivity index (χ4v) is 4.61. The number of amides is 1. The zero-order valence-electron chi connectivity index (χ0n) is 20.1. The number of halogens is 1. The normalized spacial score (nSPS) is 17.7. The summed E-state index contributed by atoms with van der Waals surface area (Å²) in [4.78, 5) is 27.6. The molecule has 1 N–H and O–H groups in total. The maximum absolute atomic E-state index is 13.6. The topological polar surface area (TPSA) is 67.9 Å². The minimum Gasteiger partial charge on any atom is -0.496 e. The van der Waals surface area contributed by atoms with Crippen molar-refractivity contribution in [2.24, 2.45) is 0 Å². The van der Waals surface area contributed by atoms with Gasteiger partial charge in [-0.2, -0.15) is 0 Å². The Bertz CT molecular complexity index is 1230. The minimum atomic E-state index is -0.452. The number of nitrogens with one attached hydrogen (secondary N) is 1. The van der Waals surface area contributed by atoms with Crippen molar-refractivity contribution < 1.29 is 23.5 Å². The summed E-state index contributed by atoms with van der Waals surface area (Å²) in [7, 11) is 3.01. The summed E-state index contributed by atoms with van der Waals surface area (Å²) < 4.78 is 24.0. The second-order valence-electron chi connectivity index (χ2n) is 8.77. The average Bonchev–Trinajstić information content (AvgIpc) is 3.25. The van der Waals surface area contributed by atoms with Gasteiger partial charge in [-0.1, -0.05) is 36.4 Å². The van der Waals surface area contributed by atoms with Crippen LogP contribution in [-0.4, -0.2) is 49.6 Å². The van der Waals surface area contributed by atoms with E-state index in [1.54, 1.807) is 37.4 Å². The molecule has 3 aromatic rings. The lowest BCUT2D eigenvalue weighted by molar-refractivity contribution is -0.146. The van der Waals surface area contributed by atoms with Gasteiger partial charge in [0.1, 0.15) is 17.6 Å². The van der Waals surface area contributed by atoms with E-state index < -0.39 is 6.04 Å². The number of rotatable bonds is 7. The lowest BCUT2D eigenvalue weighted by atomic mass is 10.0. The van der Waals surface area contributed by atoms with Crippen LogP contribution in [0.1, 0.15) is 27.9 Å². The molecule has 1 aliphatic rings. The molecule has 1 saturated heterocycles. The van der Waals surface area contributed by atoms with E-state index in [1.807, 2.05) is 36.1 Å². The second kappa shape index (κ2) is 10.7. The number of hydrogen-bond acceptors (Lipinski definition) is 5. The van der Waals surface area contributed by atoms with Crippen molar-refractivity contribution >= 4 is 11.9 Å². The summed E-state index contributed by atoms with van der Waals surface area (Å²) >= 11 is 0. The van der Waals surface area contributed by atoms with Crippen molar-refractivity contribution in [2.75, 3.05) is 20.8 Å². The highest BCUT2D eigenvalue weighted by molar-refractivity contribution is 5.95. The van der Waals surface area contributed by atoms with Gasteiger partial charge in [0.25, 0.3) is 5.91 Å². The first kappa shape index (κ1) is 24.4. The monoisotopic (exact) mass is 476 g/mol. The van der Waals surface area contributed by atoms with Crippen LogP contribution in [0, 0.1) is 12.7 Å². The Morgan fingerprint density at radius 3 is 2.46 bits per heavy atom. The molecule has 6 nitrogen and oxygen atoms in total. The van der Waals surface area contributed by atoms with Gasteiger partial charge < -0.3 is 14.8 Å². The highest BCUT2D eigenvalue weighted by Gasteiger charge is 2.38. The smallest absolute Gasteiger partial charge is 0.323 e. The third kappa shape index (κ3) is 5.69. The highest BCUT2D eigenvalue weighted by atomic mass is 19.1. The Morgan fingerprint density at radius 1 is 1.03 bits per heavy atom. The predicted octanol–water partition coefficient (Wildman–Crippen LogP) is 4.36. The standard InChI is InChI=1S/C28H29FN2O4/c1-18-12-19(10-11-26(18)34-2)16-31-17-24(15-25(31)28(33)35-3)30-27(32)22-8-4-6-20(13-22)21-7-5-9-23(29)14-21/h4-14,24-25H,15-17H2,1-3H3,(H,30,32)/t24-,25+/m1/s1. The van der Waals surface area contributed by atoms with Crippen molar-refractivity contribution in [3.63, 3.8) is 0 Å². The van der Waals surface area contributed by atoms with E-state index >= 15 is 0 Å². The van der Waals surface area contributed by atoms with Crippen molar-refractivity contribution in [1.29, 1.82) is 0 Å². The van der Waals surface area contributed by atoms with E-state index in [0.717, 1.165) is 22.4 Å². The fraction of sp³-hybridized carbons (Fsp3) is 0.286. The molecule has 0 aliphatic carbocycles. The van der Waals surface area contributed by atoms with Crippen LogP contribution in [0.2, 0.25) is 0 Å². The highest BCUT2D eigenvalue weighted by Crippen LogP contribution is 2.26. The number of likely N-dealkylation sites (tertiary alicyclic amines) is 1. The minimum absolute atomic E-state index is 0.219. The van der Waals surface area contributed by atoms with Gasteiger partial charge in [-0.15, -0.1) is 0 Å². The van der Waals surface area contributed by atoms with Gasteiger partial charge >= 0.3 is 5.97 Å². The number of ether oxygens (including phenoxy) is 2. The zero-order valence-corrected chi connectivity index (χ0v) is 20.1. The van der Waals surface area contributed by atoms with Gasteiger partial charge in [0.2, 0.25) is 0 Å². The van der Waals surface area contributed by atoms with Gasteiger partial charge in [-0.05, 0) is 65.9 Å². The van der Waals surface area contributed by atoms with Crippen LogP contribution in [0.4, 0.5) is 4.39 Å². The molecule has 1 fully saturated rings. The number of aryl methyl sites for hydroxylation is 1. The molecule has 7 heteroatoms. The van der Waals surface area contributed by atoms with Gasteiger partial charge in [-0.3, -0.25) is 14.5 Å². The molecule has 0 spiro atoms. The summed E-state index contributed by atoms with van der Waals surface area (Å²) in [6, 6.07) is 18.6. The molecule has 0 radical (unpaired) electrons. The van der Waals surface area contributed by atoms with Crippen molar-refractivity contribution in [1.82, 2.24) is 10.2 Å². The van der Waals surface area contributed by atoms with E-state index in [4.69, 9.17) is 9.47 Å². The van der Waals surface area contributed by atoms with Gasteiger partial charge in [0.15, 0.2) is 0 Å². The van der Waals surface area contributed by atoms with Crippen LogP contribution < -0.4 is 10.1 Å². The van der Waals surface area contributed by atoms with Crippen molar-refractivity contribution in [3.8, 4) is 16.9 Å². The fourth-order valence-electron chi connectivity index (χ4n) is 4.61. The number of carbonyl (C=O) groups excluding carboxylic acids is 2. The SMILES string of the molecule is COC(=O)[C@@H]1C[C@@H](NC(=O)c2cccc(-c3cccc(F)c3)c2)CN1Cc1ccc(OC)c(C)c1. The molecule has 1 heterocycles. The molecule has 0 unspecified atom stereocenters. The number of hydrogen-bond donors (Lipinski definition) is 1. The Balaban J connectivity index is 1.47. The van der Waals surface area contributed by atoms with E-state index in [-0.39, 0.29) is 23.7 Å². The van der Waals surface area contributed by atoms with Crippen LogP contribution in [0.3, 0.4) is 0 Å². The Kier molecular flexibility index (Phi) is 7.46. The third-order valence-electron chi connectivity index (χ3n) is 6.34. The Morgan fingerprint density at radius 2 is 1.77 bits per heavy atom. The maximum atomic E-state index is 13.6. The predicted molar refractivity (Wildman–Crippen MR) is 132 cm³/mol. The molecule has 1 amide bonds. The summed E-state index contributed by atoms with van der Waals surface area (Å²) in [6.07, 6.45) is 0.455. The van der Waals surface area contributed by atoms with Gasteiger partial charge in [0, 0.05) is 24.7 Å². The molecular formula is C28H29FN2O4. The maximum Gasteiger partial charge on any atom is 0.323 e. The average molecular weight is 477 g/mol. The number of carbonyl (C=O) groups is 2. The molecule has 182 valence electrons. The largest absolute Gasteiger partial charge is 0.496 e. The number of nitrogens with zero attached hydrogens (tertiary/aromatic N) is 1. The molecule has 2 atom stereocenters. The van der Waals surface area contributed by atoms with Crippen LogP contribution in [0.5, 0.6) is 5.75 Å². The van der Waals surface area contributed by atoms with Crippen molar-refractivity contribution in [2.45, 2.75) is 32.0 Å². The van der Waals surface area contributed by atoms with E-state index in [0.29, 0.717) is 30.6 Å². The molecule has 0 saturated carbocycles. The summed E-state index contributed by atoms with van der Waals surface area (Å²) in [5.41, 5.74) is 4.00. The Labute approximate surface area is 204 Å². The third-order valence-corrected chi connectivity index (χ3v) is 6.34. The van der Waals surface area contributed by atoms with E-state index in [9.17, 15) is 14.0 Å². The lowest BCUT2D eigenvalue weighted by Gasteiger charge is -2.22. The second-order valence-corrected chi connectivity index (χ2v) is 8.77. The summed E-state index contributed by atoms with van der Waals surface area (Å²) in [5, 5.41) is 3.06. The number of esters is 1. The van der Waals surface area contributed by atoms with Crippen LogP contribution >= 0.6 is 0 Å². The van der Waals surface area contributed by atoms with Crippen LogP contribution in [0.25, 0.3) is 11.1 Å². The molecule has 4 rings (SSSR count). The van der Waals surface area contributed by atoms with E-state index in [2.05, 4.69) is 5.32 Å². The van der Waals surface area contributed by atoms with E-state index in [1.165, 1.54) is 19.2 Å². The molecule has 0 bridgehead atoms. The quantitative estimate of drug-likeness (QED) is 0.514. The van der Waals surface area contributed by atoms with Gasteiger partial charge in [0.05, 0.1) is 14.2 Å². The molecule has 35 heavy (non-hydrogen) atoms. The number of methoxy groups -OCH3 is 2. The van der Waals surface area contributed by atoms with Crippen LogP contribution in [-0.2, 0) is 16.1 Å². The summed E-state index contributed by atoms with van der Waals surface area (Å²) in [6.45, 7) is 3.04.